The molecule has 8 nitrogen and oxygen atoms in total. The quantitative estimate of drug-likeness (QED) is 0.487. The molecule has 166 valence electrons. The number of para-hydroxylation sites is 1. The summed E-state index contributed by atoms with van der Waals surface area (Å²) in [5.41, 5.74) is 1.04. The van der Waals surface area contributed by atoms with E-state index in [0.717, 1.165) is 15.4 Å². The van der Waals surface area contributed by atoms with Crippen molar-refractivity contribution in [2.24, 2.45) is 0 Å². The summed E-state index contributed by atoms with van der Waals surface area (Å²) >= 11 is 0. The molecule has 0 unspecified atom stereocenters. The number of hydrogen-bond acceptors (Lipinski definition) is 5. The topological polar surface area (TPSA) is 71.6 Å². The molecule has 0 atom stereocenters. The van der Waals surface area contributed by atoms with Gasteiger partial charge in [-0.1, -0.05) is 18.2 Å². The number of fused-ring (bicyclic) bond motifs is 2. The number of aromatic nitrogens is 5. The van der Waals surface area contributed by atoms with Gasteiger partial charge < -0.3 is 14.4 Å². The van der Waals surface area contributed by atoms with Crippen LogP contribution in [-0.2, 0) is 17.5 Å². The minimum Gasteiger partial charge on any atom is -0.353 e. The van der Waals surface area contributed by atoms with Crippen LogP contribution in [-0.4, -0.2) is 61.4 Å². The van der Waals surface area contributed by atoms with Gasteiger partial charge in [0.15, 0.2) is 5.65 Å². The van der Waals surface area contributed by atoms with Crippen molar-refractivity contribution in [2.45, 2.75) is 19.1 Å². The van der Waals surface area contributed by atoms with Crippen LogP contribution in [0.15, 0.2) is 48.7 Å². The third-order valence-corrected chi connectivity index (χ3v) is 5.66. The lowest BCUT2D eigenvalue weighted by Gasteiger charge is -2.23. The summed E-state index contributed by atoms with van der Waals surface area (Å²) in [6.07, 6.45) is -2.05. The fourth-order valence-corrected chi connectivity index (χ4v) is 4.04. The molecule has 1 fully saturated rings. The molecule has 0 saturated carbocycles. The molecule has 0 spiro atoms. The average molecular weight is 443 g/mol. The first-order valence-electron chi connectivity index (χ1n) is 10.3. The van der Waals surface area contributed by atoms with Gasteiger partial charge in [0.1, 0.15) is 12.4 Å². The number of rotatable bonds is 3. The first kappa shape index (κ1) is 20.3. The molecule has 0 N–H and O–H groups in total. The summed E-state index contributed by atoms with van der Waals surface area (Å²) in [7, 11) is 0. The van der Waals surface area contributed by atoms with Crippen LogP contribution in [0.5, 0.6) is 0 Å². The van der Waals surface area contributed by atoms with Crippen molar-refractivity contribution >= 4 is 28.3 Å². The second-order valence-corrected chi connectivity index (χ2v) is 7.71. The van der Waals surface area contributed by atoms with Gasteiger partial charge in [0.2, 0.25) is 5.91 Å². The zero-order valence-electron chi connectivity index (χ0n) is 17.0. The van der Waals surface area contributed by atoms with Crippen LogP contribution >= 0.6 is 0 Å². The molecule has 1 aliphatic heterocycles. The smallest absolute Gasteiger partial charge is 0.353 e. The highest BCUT2D eigenvalue weighted by molar-refractivity contribution is 5.83. The van der Waals surface area contributed by atoms with E-state index in [1.54, 1.807) is 11.0 Å². The molecular formula is C21H20F3N7O. The van der Waals surface area contributed by atoms with Gasteiger partial charge in [-0.25, -0.2) is 0 Å². The van der Waals surface area contributed by atoms with Crippen LogP contribution in [0.3, 0.4) is 0 Å². The Morgan fingerprint density at radius 1 is 0.969 bits per heavy atom. The Balaban J connectivity index is 1.30. The van der Waals surface area contributed by atoms with E-state index >= 15 is 0 Å². The van der Waals surface area contributed by atoms with E-state index in [-0.39, 0.29) is 18.1 Å². The number of hydrogen-bond donors (Lipinski definition) is 0. The van der Waals surface area contributed by atoms with Crippen molar-refractivity contribution in [3.05, 3.63) is 54.5 Å². The molecule has 32 heavy (non-hydrogen) atoms. The first-order chi connectivity index (χ1) is 15.4. The lowest BCUT2D eigenvalue weighted by atomic mass is 10.2. The van der Waals surface area contributed by atoms with Crippen molar-refractivity contribution in [1.82, 2.24) is 29.3 Å². The van der Waals surface area contributed by atoms with Crippen LogP contribution in [0.2, 0.25) is 0 Å². The molecule has 0 bridgehead atoms. The number of benzene rings is 1. The van der Waals surface area contributed by atoms with E-state index in [2.05, 4.69) is 15.3 Å². The number of nitrogens with zero attached hydrogens (tertiary/aromatic N) is 7. The summed E-state index contributed by atoms with van der Waals surface area (Å²) in [6.45, 7) is 2.34. The largest absolute Gasteiger partial charge is 0.453 e. The molecule has 11 heteroatoms. The van der Waals surface area contributed by atoms with Crippen molar-refractivity contribution in [3.8, 4) is 0 Å². The summed E-state index contributed by atoms with van der Waals surface area (Å²) in [5.74, 6) is -0.747. The lowest BCUT2D eigenvalue weighted by Crippen LogP contribution is -2.37. The number of carbonyl (C=O) groups is 1. The number of anilines is 1. The fourth-order valence-electron chi connectivity index (χ4n) is 4.04. The second-order valence-electron chi connectivity index (χ2n) is 7.71. The highest BCUT2D eigenvalue weighted by atomic mass is 19.4. The summed E-state index contributed by atoms with van der Waals surface area (Å²) < 4.78 is 42.1. The molecule has 1 amide bonds. The molecule has 1 saturated heterocycles. The Morgan fingerprint density at radius 3 is 2.66 bits per heavy atom. The number of alkyl halides is 3. The van der Waals surface area contributed by atoms with E-state index in [1.165, 1.54) is 6.07 Å². The number of halogens is 3. The minimum absolute atomic E-state index is 0.00906. The van der Waals surface area contributed by atoms with Gasteiger partial charge >= 0.3 is 6.18 Å². The van der Waals surface area contributed by atoms with Crippen molar-refractivity contribution in [3.63, 3.8) is 0 Å². The molecule has 0 radical (unpaired) electrons. The summed E-state index contributed by atoms with van der Waals surface area (Å²) in [4.78, 5) is 16.6. The SMILES string of the molecule is O=C(Cn1ccc2ccccc21)N1CCCN(c2ccc3nnc(C(F)(F)F)n3n2)CC1. The Labute approximate surface area is 180 Å². The third-order valence-electron chi connectivity index (χ3n) is 5.66. The Morgan fingerprint density at radius 2 is 1.81 bits per heavy atom. The van der Waals surface area contributed by atoms with E-state index < -0.39 is 12.0 Å². The van der Waals surface area contributed by atoms with E-state index in [4.69, 9.17) is 0 Å². The Kier molecular flexibility index (Phi) is 4.95. The summed E-state index contributed by atoms with van der Waals surface area (Å²) in [5, 5.41) is 12.0. The third kappa shape index (κ3) is 3.74. The predicted molar refractivity (Wildman–Crippen MR) is 111 cm³/mol. The van der Waals surface area contributed by atoms with E-state index in [1.807, 2.05) is 46.0 Å². The fraction of sp³-hybridized carbons (Fsp3) is 0.333. The van der Waals surface area contributed by atoms with Gasteiger partial charge in [0.05, 0.1) is 0 Å². The van der Waals surface area contributed by atoms with Gasteiger partial charge in [-0.2, -0.15) is 17.7 Å². The molecular weight excluding hydrogens is 423 g/mol. The predicted octanol–water partition coefficient (Wildman–Crippen LogP) is 2.84. The van der Waals surface area contributed by atoms with Gasteiger partial charge in [0, 0.05) is 37.9 Å². The molecule has 4 heterocycles. The van der Waals surface area contributed by atoms with Gasteiger partial charge in [-0.3, -0.25) is 4.79 Å². The van der Waals surface area contributed by atoms with E-state index in [9.17, 15) is 18.0 Å². The standard InChI is InChI=1S/C21H20F3N7O/c22-21(23,24)20-26-25-17-6-7-18(27-31(17)20)28-9-3-10-29(13-12-28)19(32)14-30-11-8-15-4-1-2-5-16(15)30/h1-2,4-8,11H,3,9-10,12-14H2. The second kappa shape index (κ2) is 7.81. The molecule has 1 aliphatic rings. The lowest BCUT2D eigenvalue weighted by molar-refractivity contribution is -0.146. The van der Waals surface area contributed by atoms with Crippen LogP contribution in [0.1, 0.15) is 12.2 Å². The number of amides is 1. The van der Waals surface area contributed by atoms with Crippen molar-refractivity contribution in [2.75, 3.05) is 31.1 Å². The average Bonchev–Trinajstić information content (AvgIpc) is 3.29. The van der Waals surface area contributed by atoms with E-state index in [0.29, 0.717) is 38.4 Å². The van der Waals surface area contributed by atoms with Crippen LogP contribution in [0.25, 0.3) is 16.6 Å². The van der Waals surface area contributed by atoms with Crippen molar-refractivity contribution < 1.29 is 18.0 Å². The molecule has 5 rings (SSSR count). The number of carbonyl (C=O) groups excluding carboxylic acids is 1. The highest BCUT2D eigenvalue weighted by Gasteiger charge is 2.37. The molecule has 1 aromatic carbocycles. The van der Waals surface area contributed by atoms with Gasteiger partial charge in [0.25, 0.3) is 5.82 Å². The Hall–Kier alpha value is -3.63. The minimum atomic E-state index is -4.64. The zero-order chi connectivity index (χ0) is 22.3. The molecule has 0 aliphatic carbocycles. The molecule has 4 aromatic rings. The van der Waals surface area contributed by atoms with Gasteiger partial charge in [-0.05, 0) is 36.1 Å². The maximum Gasteiger partial charge on any atom is 0.453 e. The monoisotopic (exact) mass is 443 g/mol. The van der Waals surface area contributed by atoms with Crippen molar-refractivity contribution in [1.29, 1.82) is 0 Å². The van der Waals surface area contributed by atoms with Crippen LogP contribution in [0.4, 0.5) is 19.0 Å². The van der Waals surface area contributed by atoms with Crippen LogP contribution in [0, 0.1) is 0 Å². The molecule has 3 aromatic heterocycles. The maximum atomic E-state index is 13.2. The normalized spacial score (nSPS) is 15.5. The summed E-state index contributed by atoms with van der Waals surface area (Å²) in [6, 6.07) is 13.0. The zero-order valence-corrected chi connectivity index (χ0v) is 17.0. The van der Waals surface area contributed by atoms with Gasteiger partial charge in [-0.15, -0.1) is 15.3 Å². The maximum absolute atomic E-state index is 13.2. The highest BCUT2D eigenvalue weighted by Crippen LogP contribution is 2.28. The Bertz CT molecular complexity index is 1280. The van der Waals surface area contributed by atoms with Crippen LogP contribution < -0.4 is 4.90 Å². The first-order valence-corrected chi connectivity index (χ1v) is 10.3.